The number of ether oxygens (including phenoxy) is 1. The SMILES string of the molecule is COc1ccc(CC2CC(C)CCC2N)cc1[N+](=O)[O-]. The van der Waals surface area contributed by atoms with E-state index >= 15 is 0 Å². The normalized spacial score (nSPS) is 26.2. The zero-order valence-corrected chi connectivity index (χ0v) is 12.0. The number of nitrogens with zero attached hydrogens (tertiary/aromatic N) is 1. The van der Waals surface area contributed by atoms with Crippen LogP contribution in [0.15, 0.2) is 18.2 Å². The summed E-state index contributed by atoms with van der Waals surface area (Å²) in [5, 5.41) is 11.0. The second-order valence-corrected chi connectivity index (χ2v) is 5.81. The maximum atomic E-state index is 11.0. The fourth-order valence-electron chi connectivity index (χ4n) is 3.06. The van der Waals surface area contributed by atoms with Gasteiger partial charge in [0.1, 0.15) is 0 Å². The minimum atomic E-state index is -0.397. The number of hydrogen-bond donors (Lipinski definition) is 1. The van der Waals surface area contributed by atoms with Crippen LogP contribution in [0.25, 0.3) is 0 Å². The van der Waals surface area contributed by atoms with E-state index in [9.17, 15) is 10.1 Å². The number of nitrogens with two attached hydrogens (primary N) is 1. The van der Waals surface area contributed by atoms with Crippen LogP contribution in [0.1, 0.15) is 31.7 Å². The lowest BCUT2D eigenvalue weighted by Crippen LogP contribution is -2.36. The number of rotatable bonds is 4. The molecule has 5 heteroatoms. The Kier molecular flexibility index (Phi) is 4.60. The molecule has 3 unspecified atom stereocenters. The molecule has 0 heterocycles. The average molecular weight is 278 g/mol. The van der Waals surface area contributed by atoms with Gasteiger partial charge in [-0.05, 0) is 49.1 Å². The molecule has 1 saturated carbocycles. The third kappa shape index (κ3) is 3.28. The minimum absolute atomic E-state index is 0.0300. The number of nitro benzene ring substituents is 1. The molecule has 1 aliphatic rings. The van der Waals surface area contributed by atoms with E-state index in [2.05, 4.69) is 6.92 Å². The Morgan fingerprint density at radius 1 is 1.45 bits per heavy atom. The third-order valence-electron chi connectivity index (χ3n) is 4.24. The van der Waals surface area contributed by atoms with Crippen molar-refractivity contribution >= 4 is 5.69 Å². The smallest absolute Gasteiger partial charge is 0.311 e. The average Bonchev–Trinajstić information content (AvgIpc) is 2.42. The van der Waals surface area contributed by atoms with Gasteiger partial charge in [0.25, 0.3) is 0 Å². The van der Waals surface area contributed by atoms with Crippen molar-refractivity contribution in [3.63, 3.8) is 0 Å². The summed E-state index contributed by atoms with van der Waals surface area (Å²) in [5.74, 6) is 1.40. The second kappa shape index (κ2) is 6.22. The molecule has 0 spiro atoms. The number of benzene rings is 1. The van der Waals surface area contributed by atoms with E-state index in [1.165, 1.54) is 13.5 Å². The van der Waals surface area contributed by atoms with Crippen molar-refractivity contribution in [2.75, 3.05) is 7.11 Å². The van der Waals surface area contributed by atoms with Crippen LogP contribution in [0, 0.1) is 22.0 Å². The highest BCUT2D eigenvalue weighted by Crippen LogP contribution is 2.33. The quantitative estimate of drug-likeness (QED) is 0.678. The standard InChI is InChI=1S/C15H22N2O3/c1-10-3-5-13(16)12(7-10)8-11-4-6-15(20-2)14(9-11)17(18)19/h4,6,9-10,12-13H,3,5,7-8,16H2,1-2H3. The Morgan fingerprint density at radius 3 is 2.85 bits per heavy atom. The molecule has 5 nitrogen and oxygen atoms in total. The van der Waals surface area contributed by atoms with Crippen LogP contribution in [-0.4, -0.2) is 18.1 Å². The van der Waals surface area contributed by atoms with Crippen LogP contribution >= 0.6 is 0 Å². The first-order valence-electron chi connectivity index (χ1n) is 7.08. The van der Waals surface area contributed by atoms with E-state index < -0.39 is 4.92 Å². The van der Waals surface area contributed by atoms with Crippen LogP contribution in [0.4, 0.5) is 5.69 Å². The molecule has 3 atom stereocenters. The van der Waals surface area contributed by atoms with Crippen molar-refractivity contribution in [3.8, 4) is 5.75 Å². The highest BCUT2D eigenvalue weighted by molar-refractivity contribution is 5.48. The zero-order chi connectivity index (χ0) is 14.7. The van der Waals surface area contributed by atoms with Crippen molar-refractivity contribution in [3.05, 3.63) is 33.9 Å². The Hall–Kier alpha value is -1.62. The van der Waals surface area contributed by atoms with Gasteiger partial charge in [0.2, 0.25) is 0 Å². The summed E-state index contributed by atoms with van der Waals surface area (Å²) in [7, 11) is 1.45. The lowest BCUT2D eigenvalue weighted by molar-refractivity contribution is -0.385. The fraction of sp³-hybridized carbons (Fsp3) is 0.600. The molecular weight excluding hydrogens is 256 g/mol. The minimum Gasteiger partial charge on any atom is -0.490 e. The molecule has 0 aliphatic heterocycles. The van der Waals surface area contributed by atoms with Gasteiger partial charge in [0, 0.05) is 12.1 Å². The lowest BCUT2D eigenvalue weighted by Gasteiger charge is -2.32. The van der Waals surface area contributed by atoms with Gasteiger partial charge in [-0.25, -0.2) is 0 Å². The molecule has 1 aromatic carbocycles. The summed E-state index contributed by atoms with van der Waals surface area (Å²) >= 11 is 0. The Labute approximate surface area is 119 Å². The van der Waals surface area contributed by atoms with Gasteiger partial charge >= 0.3 is 5.69 Å². The summed E-state index contributed by atoms with van der Waals surface area (Å²) in [6, 6.07) is 5.39. The summed E-state index contributed by atoms with van der Waals surface area (Å²) < 4.78 is 5.02. The molecule has 1 fully saturated rings. The second-order valence-electron chi connectivity index (χ2n) is 5.81. The molecule has 0 bridgehead atoms. The van der Waals surface area contributed by atoms with Crippen molar-refractivity contribution < 1.29 is 9.66 Å². The van der Waals surface area contributed by atoms with Gasteiger partial charge in [0.05, 0.1) is 12.0 Å². The molecular formula is C15H22N2O3. The summed E-state index contributed by atoms with van der Waals surface area (Å²) in [6.45, 7) is 2.25. The summed E-state index contributed by atoms with van der Waals surface area (Å²) in [4.78, 5) is 10.6. The number of methoxy groups -OCH3 is 1. The van der Waals surface area contributed by atoms with E-state index in [1.807, 2.05) is 6.07 Å². The summed E-state index contributed by atoms with van der Waals surface area (Å²) in [6.07, 6.45) is 4.13. The van der Waals surface area contributed by atoms with Gasteiger partial charge < -0.3 is 10.5 Å². The van der Waals surface area contributed by atoms with E-state index in [4.69, 9.17) is 10.5 Å². The maximum Gasteiger partial charge on any atom is 0.311 e. The molecule has 2 N–H and O–H groups in total. The van der Waals surface area contributed by atoms with Gasteiger partial charge in [-0.3, -0.25) is 10.1 Å². The van der Waals surface area contributed by atoms with E-state index in [0.29, 0.717) is 17.6 Å². The van der Waals surface area contributed by atoms with Gasteiger partial charge in [-0.2, -0.15) is 0 Å². The van der Waals surface area contributed by atoms with Crippen molar-refractivity contribution in [2.24, 2.45) is 17.6 Å². The first kappa shape index (κ1) is 14.8. The van der Waals surface area contributed by atoms with Crippen LogP contribution in [0.2, 0.25) is 0 Å². The molecule has 2 rings (SSSR count). The number of nitro groups is 1. The predicted molar refractivity (Wildman–Crippen MR) is 77.8 cm³/mol. The van der Waals surface area contributed by atoms with Crippen molar-refractivity contribution in [2.45, 2.75) is 38.6 Å². The number of hydrogen-bond acceptors (Lipinski definition) is 4. The van der Waals surface area contributed by atoms with Crippen LogP contribution < -0.4 is 10.5 Å². The lowest BCUT2D eigenvalue weighted by atomic mass is 9.76. The Bertz CT molecular complexity index is 490. The van der Waals surface area contributed by atoms with Crippen LogP contribution in [0.3, 0.4) is 0 Å². The molecule has 1 aliphatic carbocycles. The largest absolute Gasteiger partial charge is 0.490 e. The molecule has 20 heavy (non-hydrogen) atoms. The van der Waals surface area contributed by atoms with E-state index in [0.717, 1.165) is 24.8 Å². The van der Waals surface area contributed by atoms with E-state index in [1.54, 1.807) is 12.1 Å². The molecule has 0 radical (unpaired) electrons. The zero-order valence-electron chi connectivity index (χ0n) is 12.0. The predicted octanol–water partition coefficient (Wildman–Crippen LogP) is 2.91. The monoisotopic (exact) mass is 278 g/mol. The molecule has 0 saturated heterocycles. The molecule has 1 aromatic rings. The first-order chi connectivity index (χ1) is 9.51. The highest BCUT2D eigenvalue weighted by atomic mass is 16.6. The maximum absolute atomic E-state index is 11.0. The van der Waals surface area contributed by atoms with Gasteiger partial charge in [-0.1, -0.05) is 13.0 Å². The van der Waals surface area contributed by atoms with Crippen molar-refractivity contribution in [1.82, 2.24) is 0 Å². The Balaban J connectivity index is 2.16. The topological polar surface area (TPSA) is 78.4 Å². The van der Waals surface area contributed by atoms with Crippen LogP contribution in [0.5, 0.6) is 5.75 Å². The molecule has 0 aromatic heterocycles. The highest BCUT2D eigenvalue weighted by Gasteiger charge is 2.26. The third-order valence-corrected chi connectivity index (χ3v) is 4.24. The van der Waals surface area contributed by atoms with Crippen LogP contribution in [-0.2, 0) is 6.42 Å². The molecule has 110 valence electrons. The van der Waals surface area contributed by atoms with E-state index in [-0.39, 0.29) is 11.7 Å². The van der Waals surface area contributed by atoms with Crippen molar-refractivity contribution in [1.29, 1.82) is 0 Å². The molecule has 0 amide bonds. The fourth-order valence-corrected chi connectivity index (χ4v) is 3.06. The van der Waals surface area contributed by atoms with Gasteiger partial charge in [-0.15, -0.1) is 0 Å². The first-order valence-corrected chi connectivity index (χ1v) is 7.08. The van der Waals surface area contributed by atoms with Gasteiger partial charge in [0.15, 0.2) is 5.75 Å². The Morgan fingerprint density at radius 2 is 2.20 bits per heavy atom. The summed E-state index contributed by atoms with van der Waals surface area (Å²) in [5.41, 5.74) is 7.18.